The SMILES string of the molecule is Cc1ccc(-c2csc3nc(Cl)nc(N(C)C4CCCCC4)c23)cc1C. The normalized spacial score (nSPS) is 15.5. The number of hydrogen-bond donors (Lipinski definition) is 0. The zero-order chi connectivity index (χ0) is 18.3. The lowest BCUT2D eigenvalue weighted by Crippen LogP contribution is -2.34. The predicted octanol–water partition coefficient (Wildman–Crippen LogP) is 6.40. The topological polar surface area (TPSA) is 29.0 Å². The summed E-state index contributed by atoms with van der Waals surface area (Å²) in [6.07, 6.45) is 6.39. The minimum atomic E-state index is 0.337. The quantitative estimate of drug-likeness (QED) is 0.488. The van der Waals surface area contributed by atoms with Gasteiger partial charge in [-0.1, -0.05) is 37.5 Å². The van der Waals surface area contributed by atoms with Crippen molar-refractivity contribution in [3.05, 3.63) is 40.0 Å². The number of benzene rings is 1. The maximum Gasteiger partial charge on any atom is 0.225 e. The molecule has 2 aromatic heterocycles. The van der Waals surface area contributed by atoms with Crippen LogP contribution in [0.4, 0.5) is 5.82 Å². The van der Waals surface area contributed by atoms with Crippen molar-refractivity contribution in [3.8, 4) is 11.1 Å². The van der Waals surface area contributed by atoms with E-state index in [1.165, 1.54) is 54.4 Å². The Bertz CT molecular complexity index is 944. The van der Waals surface area contributed by atoms with Crippen LogP contribution in [0.5, 0.6) is 0 Å². The Morgan fingerprint density at radius 2 is 1.85 bits per heavy atom. The van der Waals surface area contributed by atoms with Crippen LogP contribution < -0.4 is 4.90 Å². The molecule has 136 valence electrons. The Morgan fingerprint density at radius 3 is 2.58 bits per heavy atom. The number of aryl methyl sites for hydroxylation is 2. The van der Waals surface area contributed by atoms with E-state index in [1.807, 2.05) is 0 Å². The van der Waals surface area contributed by atoms with Crippen molar-refractivity contribution in [1.29, 1.82) is 0 Å². The van der Waals surface area contributed by atoms with Crippen molar-refractivity contribution >= 4 is 39.0 Å². The number of aromatic nitrogens is 2. The summed E-state index contributed by atoms with van der Waals surface area (Å²) in [6, 6.07) is 7.18. The van der Waals surface area contributed by atoms with Gasteiger partial charge in [-0.2, -0.15) is 4.98 Å². The van der Waals surface area contributed by atoms with Gasteiger partial charge in [-0.05, 0) is 55.0 Å². The molecule has 0 unspecified atom stereocenters. The highest BCUT2D eigenvalue weighted by Gasteiger charge is 2.24. The van der Waals surface area contributed by atoms with Crippen molar-refractivity contribution in [3.63, 3.8) is 0 Å². The summed E-state index contributed by atoms with van der Waals surface area (Å²) < 4.78 is 0. The number of thiophene rings is 1. The highest BCUT2D eigenvalue weighted by molar-refractivity contribution is 7.17. The van der Waals surface area contributed by atoms with Crippen LogP contribution in [0.25, 0.3) is 21.3 Å². The summed E-state index contributed by atoms with van der Waals surface area (Å²) in [4.78, 5) is 12.5. The number of nitrogens with zero attached hydrogens (tertiary/aromatic N) is 3. The van der Waals surface area contributed by atoms with Crippen molar-refractivity contribution < 1.29 is 0 Å². The van der Waals surface area contributed by atoms with Gasteiger partial charge in [0.25, 0.3) is 0 Å². The van der Waals surface area contributed by atoms with Crippen molar-refractivity contribution in [2.45, 2.75) is 52.0 Å². The van der Waals surface area contributed by atoms with E-state index in [0.717, 1.165) is 16.0 Å². The van der Waals surface area contributed by atoms with E-state index < -0.39 is 0 Å². The Balaban J connectivity index is 1.86. The summed E-state index contributed by atoms with van der Waals surface area (Å²) in [6.45, 7) is 4.31. The molecule has 3 aromatic rings. The van der Waals surface area contributed by atoms with Crippen LogP contribution in [-0.4, -0.2) is 23.1 Å². The van der Waals surface area contributed by atoms with Crippen molar-refractivity contribution in [2.24, 2.45) is 0 Å². The smallest absolute Gasteiger partial charge is 0.225 e. The maximum absolute atomic E-state index is 6.27. The predicted molar refractivity (Wildman–Crippen MR) is 113 cm³/mol. The van der Waals surface area contributed by atoms with E-state index in [0.29, 0.717) is 11.3 Å². The molecule has 5 heteroatoms. The molecule has 3 nitrogen and oxygen atoms in total. The molecule has 0 N–H and O–H groups in total. The number of rotatable bonds is 3. The van der Waals surface area contributed by atoms with Crippen LogP contribution >= 0.6 is 22.9 Å². The summed E-state index contributed by atoms with van der Waals surface area (Å²) in [5.74, 6) is 0.973. The molecule has 26 heavy (non-hydrogen) atoms. The van der Waals surface area contributed by atoms with E-state index in [2.05, 4.69) is 59.3 Å². The van der Waals surface area contributed by atoms with E-state index in [-0.39, 0.29) is 0 Å². The van der Waals surface area contributed by atoms with Gasteiger partial charge in [0.1, 0.15) is 10.6 Å². The molecule has 0 aliphatic heterocycles. The summed E-state index contributed by atoms with van der Waals surface area (Å²) in [7, 11) is 2.16. The Labute approximate surface area is 164 Å². The van der Waals surface area contributed by atoms with E-state index in [9.17, 15) is 0 Å². The minimum Gasteiger partial charge on any atom is -0.356 e. The fraction of sp³-hybridized carbons (Fsp3) is 0.429. The fourth-order valence-electron chi connectivity index (χ4n) is 3.92. The number of halogens is 1. The lowest BCUT2D eigenvalue weighted by Gasteiger charge is -2.32. The van der Waals surface area contributed by atoms with Crippen molar-refractivity contribution in [1.82, 2.24) is 9.97 Å². The number of anilines is 1. The molecule has 1 saturated carbocycles. The second-order valence-corrected chi connectivity index (χ2v) is 8.54. The molecule has 1 aliphatic rings. The van der Waals surface area contributed by atoms with Gasteiger partial charge in [0, 0.05) is 24.0 Å². The molecule has 0 amide bonds. The van der Waals surface area contributed by atoms with Gasteiger partial charge in [-0.15, -0.1) is 11.3 Å². The van der Waals surface area contributed by atoms with Crippen LogP contribution in [-0.2, 0) is 0 Å². The third-order valence-electron chi connectivity index (χ3n) is 5.66. The number of hydrogen-bond acceptors (Lipinski definition) is 4. The zero-order valence-electron chi connectivity index (χ0n) is 15.6. The summed E-state index contributed by atoms with van der Waals surface area (Å²) in [5, 5.41) is 3.66. The average molecular weight is 386 g/mol. The van der Waals surface area contributed by atoms with Gasteiger partial charge in [0.05, 0.1) is 5.39 Å². The van der Waals surface area contributed by atoms with E-state index >= 15 is 0 Å². The third-order valence-corrected chi connectivity index (χ3v) is 6.70. The fourth-order valence-corrected chi connectivity index (χ4v) is 5.07. The van der Waals surface area contributed by atoms with Gasteiger partial charge in [-0.25, -0.2) is 4.98 Å². The van der Waals surface area contributed by atoms with Gasteiger partial charge in [0.2, 0.25) is 5.28 Å². The van der Waals surface area contributed by atoms with Gasteiger partial charge < -0.3 is 4.90 Å². The van der Waals surface area contributed by atoms with Crippen LogP contribution in [0.15, 0.2) is 23.6 Å². The monoisotopic (exact) mass is 385 g/mol. The molecule has 0 saturated heterocycles. The second-order valence-electron chi connectivity index (χ2n) is 7.35. The maximum atomic E-state index is 6.27. The molecule has 2 heterocycles. The summed E-state index contributed by atoms with van der Waals surface area (Å²) >= 11 is 7.91. The van der Waals surface area contributed by atoms with Gasteiger partial charge in [-0.3, -0.25) is 0 Å². The molecule has 0 radical (unpaired) electrons. The van der Waals surface area contributed by atoms with Crippen molar-refractivity contribution in [2.75, 3.05) is 11.9 Å². The van der Waals surface area contributed by atoms with Gasteiger partial charge in [0.15, 0.2) is 0 Å². The lowest BCUT2D eigenvalue weighted by molar-refractivity contribution is 0.426. The third kappa shape index (κ3) is 3.21. The van der Waals surface area contributed by atoms with Crippen LogP contribution in [0.3, 0.4) is 0 Å². The largest absolute Gasteiger partial charge is 0.356 e. The standard InChI is InChI=1S/C21H24ClN3S/c1-13-9-10-15(11-14(13)2)17-12-26-20-18(17)19(23-21(22)24-20)25(3)16-7-5-4-6-8-16/h9-12,16H,4-8H2,1-3H3. The van der Waals surface area contributed by atoms with Crippen LogP contribution in [0.2, 0.25) is 5.28 Å². The molecule has 1 aromatic carbocycles. The van der Waals surface area contributed by atoms with Crippen LogP contribution in [0.1, 0.15) is 43.2 Å². The first-order valence-corrected chi connectivity index (χ1v) is 10.6. The summed E-state index contributed by atoms with van der Waals surface area (Å²) in [5.41, 5.74) is 5.05. The minimum absolute atomic E-state index is 0.337. The average Bonchev–Trinajstić information content (AvgIpc) is 3.07. The first-order chi connectivity index (χ1) is 12.5. The molecular formula is C21H24ClN3S. The Morgan fingerprint density at radius 1 is 1.08 bits per heavy atom. The molecule has 0 bridgehead atoms. The first kappa shape index (κ1) is 17.7. The first-order valence-electron chi connectivity index (χ1n) is 9.30. The van der Waals surface area contributed by atoms with Gasteiger partial charge >= 0.3 is 0 Å². The van der Waals surface area contributed by atoms with Crippen LogP contribution in [0, 0.1) is 13.8 Å². The second kappa shape index (κ2) is 7.16. The van der Waals surface area contributed by atoms with E-state index in [1.54, 1.807) is 11.3 Å². The molecular weight excluding hydrogens is 362 g/mol. The molecule has 1 fully saturated rings. The Hall–Kier alpha value is -1.65. The molecule has 1 aliphatic carbocycles. The zero-order valence-corrected chi connectivity index (χ0v) is 17.1. The highest BCUT2D eigenvalue weighted by atomic mass is 35.5. The molecule has 0 atom stereocenters. The Kier molecular flexibility index (Phi) is 4.89. The highest BCUT2D eigenvalue weighted by Crippen LogP contribution is 2.40. The molecule has 4 rings (SSSR count). The molecule has 0 spiro atoms. The lowest BCUT2D eigenvalue weighted by atomic mass is 9.94. The number of fused-ring (bicyclic) bond motifs is 1. The van der Waals surface area contributed by atoms with E-state index in [4.69, 9.17) is 11.6 Å².